The van der Waals surface area contributed by atoms with Crippen LogP contribution in [0.4, 0.5) is 0 Å². The van der Waals surface area contributed by atoms with E-state index in [1.54, 1.807) is 6.21 Å². The lowest BCUT2D eigenvalue weighted by Gasteiger charge is -1.85. The first-order valence-corrected chi connectivity index (χ1v) is 3.23. The number of hydrogen-bond donors (Lipinski definition) is 1. The molecule has 0 spiro atoms. The van der Waals surface area contributed by atoms with Gasteiger partial charge in [0.15, 0.2) is 0 Å². The van der Waals surface area contributed by atoms with Crippen molar-refractivity contribution in [2.24, 2.45) is 10.7 Å². The molecule has 0 atom stereocenters. The normalized spacial score (nSPS) is 12.4. The molecule has 50 valence electrons. The molecule has 0 rings (SSSR count). The highest BCUT2D eigenvalue weighted by Gasteiger charge is 1.79. The number of hydrogen-bond acceptors (Lipinski definition) is 2. The van der Waals surface area contributed by atoms with Crippen LogP contribution in [0.5, 0.6) is 0 Å². The van der Waals surface area contributed by atoms with E-state index in [4.69, 9.17) is 5.73 Å². The van der Waals surface area contributed by atoms with E-state index in [1.807, 2.05) is 6.92 Å². The first kappa shape index (κ1) is 8.43. The second-order valence-corrected chi connectivity index (χ2v) is 2.46. The molecule has 0 aliphatic carbocycles. The fourth-order valence-corrected chi connectivity index (χ4v) is 0.317. The molecular weight excluding hydrogens is 180 g/mol. The van der Waals surface area contributed by atoms with Crippen molar-refractivity contribution in [3.63, 3.8) is 0 Å². The van der Waals surface area contributed by atoms with Crippen molar-refractivity contribution in [3.05, 3.63) is 23.0 Å². The summed E-state index contributed by atoms with van der Waals surface area (Å²) >= 11 is 3.15. The molecule has 0 saturated carbocycles. The van der Waals surface area contributed by atoms with Gasteiger partial charge < -0.3 is 5.73 Å². The van der Waals surface area contributed by atoms with Crippen LogP contribution in [-0.4, -0.2) is 6.21 Å². The van der Waals surface area contributed by atoms with Crippen LogP contribution >= 0.6 is 15.9 Å². The molecule has 0 fully saturated rings. The van der Waals surface area contributed by atoms with Crippen LogP contribution in [0.2, 0.25) is 0 Å². The summed E-state index contributed by atoms with van der Waals surface area (Å²) in [6.45, 7) is 5.39. The molecule has 0 aromatic rings. The zero-order chi connectivity index (χ0) is 7.28. The van der Waals surface area contributed by atoms with Crippen molar-refractivity contribution in [1.29, 1.82) is 0 Å². The summed E-state index contributed by atoms with van der Waals surface area (Å²) in [5.41, 5.74) is 5.89. The molecule has 0 aromatic heterocycles. The molecule has 2 nitrogen and oxygen atoms in total. The highest BCUT2D eigenvalue weighted by atomic mass is 79.9. The van der Waals surface area contributed by atoms with Gasteiger partial charge in [0.25, 0.3) is 0 Å². The summed E-state index contributed by atoms with van der Waals surface area (Å²) in [6.07, 6.45) is 3.02. The number of nitrogens with zero attached hydrogens (tertiary/aromatic N) is 1. The molecular formula is C6H9BrN2. The van der Waals surface area contributed by atoms with Gasteiger partial charge in [0, 0.05) is 18.1 Å². The molecule has 0 aliphatic rings. The summed E-state index contributed by atoms with van der Waals surface area (Å²) in [4.78, 5) is 3.88. The van der Waals surface area contributed by atoms with E-state index in [0.717, 1.165) is 10.2 Å². The molecule has 3 heteroatoms. The number of nitrogens with two attached hydrogens (primary N) is 1. The van der Waals surface area contributed by atoms with Crippen LogP contribution in [0.1, 0.15) is 6.92 Å². The number of allylic oxidation sites excluding steroid dienone is 2. The van der Waals surface area contributed by atoms with E-state index in [-0.39, 0.29) is 0 Å². The minimum absolute atomic E-state index is 0.755. The van der Waals surface area contributed by atoms with Crippen LogP contribution in [0.25, 0.3) is 0 Å². The summed E-state index contributed by atoms with van der Waals surface area (Å²) < 4.78 is 0.755. The van der Waals surface area contributed by atoms with Crippen molar-refractivity contribution >= 4 is 22.1 Å². The van der Waals surface area contributed by atoms with Gasteiger partial charge in [0.1, 0.15) is 0 Å². The molecule has 0 saturated heterocycles. The van der Waals surface area contributed by atoms with Crippen molar-refractivity contribution in [2.45, 2.75) is 6.92 Å². The molecule has 9 heavy (non-hydrogen) atoms. The maximum absolute atomic E-state index is 5.13. The van der Waals surface area contributed by atoms with Crippen LogP contribution in [0, 0.1) is 0 Å². The molecule has 0 amide bonds. The Morgan fingerprint density at radius 3 is 2.67 bits per heavy atom. The SMILES string of the molecule is C=C(C)N=C/C(Br)=C\N. The first-order chi connectivity index (χ1) is 4.16. The quantitative estimate of drug-likeness (QED) is 0.660. The molecule has 0 bridgehead atoms. The predicted octanol–water partition coefficient (Wildman–Crippen LogP) is 1.79. The fourth-order valence-electron chi connectivity index (χ4n) is 0.215. The maximum atomic E-state index is 5.13. The minimum Gasteiger partial charge on any atom is -0.404 e. The monoisotopic (exact) mass is 188 g/mol. The van der Waals surface area contributed by atoms with Crippen LogP contribution in [-0.2, 0) is 0 Å². The highest BCUT2D eigenvalue weighted by Crippen LogP contribution is 1.99. The van der Waals surface area contributed by atoms with E-state index >= 15 is 0 Å². The van der Waals surface area contributed by atoms with Gasteiger partial charge in [-0.1, -0.05) is 6.58 Å². The topological polar surface area (TPSA) is 38.4 Å². The second-order valence-electron chi connectivity index (χ2n) is 1.55. The smallest absolute Gasteiger partial charge is 0.0512 e. The first-order valence-electron chi connectivity index (χ1n) is 2.44. The maximum Gasteiger partial charge on any atom is 0.0512 e. The highest BCUT2D eigenvalue weighted by molar-refractivity contribution is 9.12. The predicted molar refractivity (Wildman–Crippen MR) is 44.5 cm³/mol. The van der Waals surface area contributed by atoms with Gasteiger partial charge in [0.05, 0.1) is 4.48 Å². The fraction of sp³-hybridized carbons (Fsp3) is 0.167. The zero-order valence-electron chi connectivity index (χ0n) is 5.26. The van der Waals surface area contributed by atoms with Gasteiger partial charge >= 0.3 is 0 Å². The van der Waals surface area contributed by atoms with E-state index in [1.165, 1.54) is 6.20 Å². The third-order valence-electron chi connectivity index (χ3n) is 0.567. The molecule has 0 aliphatic heterocycles. The minimum atomic E-state index is 0.755. The zero-order valence-corrected chi connectivity index (χ0v) is 6.85. The summed E-state index contributed by atoms with van der Waals surface area (Å²) in [5.74, 6) is 0. The largest absolute Gasteiger partial charge is 0.404 e. The average Bonchev–Trinajstić information content (AvgIpc) is 1.83. The van der Waals surface area contributed by atoms with E-state index in [0.29, 0.717) is 0 Å². The summed E-state index contributed by atoms with van der Waals surface area (Å²) in [7, 11) is 0. The van der Waals surface area contributed by atoms with Crippen molar-refractivity contribution in [2.75, 3.05) is 0 Å². The Morgan fingerprint density at radius 2 is 2.33 bits per heavy atom. The van der Waals surface area contributed by atoms with Gasteiger partial charge in [-0.3, -0.25) is 4.99 Å². The second kappa shape index (κ2) is 4.32. The van der Waals surface area contributed by atoms with Gasteiger partial charge in [0.2, 0.25) is 0 Å². The summed E-state index contributed by atoms with van der Waals surface area (Å²) in [6, 6.07) is 0. The number of halogens is 1. The van der Waals surface area contributed by atoms with E-state index in [2.05, 4.69) is 27.5 Å². The number of rotatable bonds is 2. The molecule has 2 N–H and O–H groups in total. The molecule has 0 radical (unpaired) electrons. The summed E-state index contributed by atoms with van der Waals surface area (Å²) in [5, 5.41) is 0. The third-order valence-corrected chi connectivity index (χ3v) is 1.04. The Labute approximate surface area is 63.3 Å². The van der Waals surface area contributed by atoms with E-state index in [9.17, 15) is 0 Å². The Hall–Kier alpha value is -0.570. The lowest BCUT2D eigenvalue weighted by Crippen LogP contribution is -1.82. The molecule has 0 heterocycles. The van der Waals surface area contributed by atoms with Crippen LogP contribution < -0.4 is 5.73 Å². The van der Waals surface area contributed by atoms with Crippen molar-refractivity contribution < 1.29 is 0 Å². The van der Waals surface area contributed by atoms with Crippen molar-refractivity contribution in [1.82, 2.24) is 0 Å². The van der Waals surface area contributed by atoms with Gasteiger partial charge in [-0.15, -0.1) is 0 Å². The van der Waals surface area contributed by atoms with Crippen LogP contribution in [0.3, 0.4) is 0 Å². The average molecular weight is 189 g/mol. The Morgan fingerprint density at radius 1 is 1.78 bits per heavy atom. The van der Waals surface area contributed by atoms with Crippen LogP contribution in [0.15, 0.2) is 28.0 Å². The van der Waals surface area contributed by atoms with Crippen molar-refractivity contribution in [3.8, 4) is 0 Å². The number of aliphatic imine (C=N–C) groups is 1. The lowest BCUT2D eigenvalue weighted by molar-refractivity contribution is 1.34. The Kier molecular flexibility index (Phi) is 4.05. The Balaban J connectivity index is 3.86. The van der Waals surface area contributed by atoms with E-state index < -0.39 is 0 Å². The van der Waals surface area contributed by atoms with Gasteiger partial charge in [-0.05, 0) is 22.9 Å². The third kappa shape index (κ3) is 5.30. The molecule has 0 aromatic carbocycles. The standard InChI is InChI=1S/C6H9BrN2/c1-5(2)9-4-6(7)3-8/h3-4H,1,8H2,2H3/b6-3+,9-4?. The lowest BCUT2D eigenvalue weighted by atomic mass is 10.6. The van der Waals surface area contributed by atoms with Gasteiger partial charge in [-0.2, -0.15) is 0 Å². The molecule has 0 unspecified atom stereocenters. The van der Waals surface area contributed by atoms with Gasteiger partial charge in [-0.25, -0.2) is 0 Å². The Bertz CT molecular complexity index is 158.